The maximum absolute atomic E-state index is 13.2. The number of urea groups is 1. The molecule has 3 amide bonds. The first-order valence-corrected chi connectivity index (χ1v) is 10.7. The Balaban J connectivity index is 1.69. The van der Waals surface area contributed by atoms with E-state index in [0.717, 1.165) is 0 Å². The van der Waals surface area contributed by atoms with Crippen molar-refractivity contribution in [1.29, 1.82) is 0 Å². The maximum Gasteiger partial charge on any atom is 0.338 e. The van der Waals surface area contributed by atoms with Crippen LogP contribution in [0.25, 0.3) is 0 Å². The molecular formula is C24H25FN4O6. The predicted octanol–water partition coefficient (Wildman–Crippen LogP) is 2.55. The van der Waals surface area contributed by atoms with E-state index in [4.69, 9.17) is 14.2 Å². The lowest BCUT2D eigenvalue weighted by molar-refractivity contribution is -0.139. The highest BCUT2D eigenvalue weighted by Crippen LogP contribution is 2.34. The van der Waals surface area contributed by atoms with Crippen LogP contribution in [-0.4, -0.2) is 44.4 Å². The second kappa shape index (κ2) is 11.6. The highest BCUT2D eigenvalue weighted by atomic mass is 19.1. The van der Waals surface area contributed by atoms with Gasteiger partial charge in [0.15, 0.2) is 18.1 Å². The molecule has 10 nitrogen and oxygen atoms in total. The number of hydrazone groups is 1. The summed E-state index contributed by atoms with van der Waals surface area (Å²) in [6.07, 6.45) is 1.31. The Kier molecular flexibility index (Phi) is 8.38. The lowest BCUT2D eigenvalue weighted by atomic mass is 9.95. The van der Waals surface area contributed by atoms with Crippen LogP contribution in [0.2, 0.25) is 0 Å². The fraction of sp³-hybridized carbons (Fsp3) is 0.250. The number of nitrogens with one attached hydrogen (secondary N) is 3. The van der Waals surface area contributed by atoms with Crippen LogP contribution >= 0.6 is 0 Å². The van der Waals surface area contributed by atoms with Crippen LogP contribution in [0.15, 0.2) is 58.8 Å². The summed E-state index contributed by atoms with van der Waals surface area (Å²) in [6, 6.07) is 9.30. The van der Waals surface area contributed by atoms with Crippen molar-refractivity contribution in [1.82, 2.24) is 16.1 Å². The fourth-order valence-corrected chi connectivity index (χ4v) is 3.35. The molecule has 0 spiro atoms. The average molecular weight is 484 g/mol. The summed E-state index contributed by atoms with van der Waals surface area (Å²) < 4.78 is 29.2. The Hall–Kier alpha value is -4.41. The van der Waals surface area contributed by atoms with Gasteiger partial charge >= 0.3 is 12.0 Å². The molecule has 0 aliphatic carbocycles. The number of rotatable bonds is 9. The number of halogens is 1. The molecule has 2 aromatic carbocycles. The third kappa shape index (κ3) is 6.56. The van der Waals surface area contributed by atoms with E-state index in [1.54, 1.807) is 38.1 Å². The first kappa shape index (κ1) is 25.2. The third-order valence-electron chi connectivity index (χ3n) is 4.90. The van der Waals surface area contributed by atoms with E-state index in [-0.39, 0.29) is 30.3 Å². The predicted molar refractivity (Wildman–Crippen MR) is 124 cm³/mol. The number of esters is 1. The largest absolute Gasteiger partial charge is 0.493 e. The molecule has 0 bridgehead atoms. The molecule has 1 aliphatic rings. The molecule has 0 fully saturated rings. The summed E-state index contributed by atoms with van der Waals surface area (Å²) in [4.78, 5) is 36.6. The summed E-state index contributed by atoms with van der Waals surface area (Å²) in [7, 11) is 1.42. The van der Waals surface area contributed by atoms with E-state index in [1.165, 1.54) is 31.5 Å². The van der Waals surface area contributed by atoms with E-state index in [2.05, 4.69) is 21.2 Å². The fourth-order valence-electron chi connectivity index (χ4n) is 3.35. The molecule has 1 heterocycles. The summed E-state index contributed by atoms with van der Waals surface area (Å²) in [5.41, 5.74) is 3.97. The molecule has 3 N–H and O–H groups in total. The number of carbonyl (C=O) groups excluding carboxylic acids is 3. The van der Waals surface area contributed by atoms with E-state index in [9.17, 15) is 18.8 Å². The van der Waals surface area contributed by atoms with Crippen molar-refractivity contribution in [3.05, 3.63) is 70.7 Å². The Labute approximate surface area is 201 Å². The van der Waals surface area contributed by atoms with Gasteiger partial charge in [0.1, 0.15) is 5.82 Å². The van der Waals surface area contributed by atoms with Crippen molar-refractivity contribution in [2.24, 2.45) is 5.10 Å². The van der Waals surface area contributed by atoms with Crippen LogP contribution < -0.4 is 25.5 Å². The van der Waals surface area contributed by atoms with Gasteiger partial charge in [-0.15, -0.1) is 0 Å². The van der Waals surface area contributed by atoms with Crippen LogP contribution in [0.1, 0.15) is 31.0 Å². The molecule has 35 heavy (non-hydrogen) atoms. The minimum atomic E-state index is -0.772. The SMILES string of the molecule is CCOC(=O)C1=C(C)NC(=O)N[C@H]1c1ccc(OCC(=O)N/N=C\c2cccc(F)c2)c(OC)c1. The Morgan fingerprint density at radius 2 is 2.00 bits per heavy atom. The number of hydrogen-bond donors (Lipinski definition) is 3. The van der Waals surface area contributed by atoms with Crippen LogP contribution in [0.4, 0.5) is 9.18 Å². The van der Waals surface area contributed by atoms with Gasteiger partial charge in [-0.25, -0.2) is 19.4 Å². The molecule has 2 aromatic rings. The molecule has 184 valence electrons. The van der Waals surface area contributed by atoms with Crippen molar-refractivity contribution in [3.8, 4) is 11.5 Å². The Morgan fingerprint density at radius 1 is 1.20 bits per heavy atom. The van der Waals surface area contributed by atoms with Gasteiger partial charge in [-0.2, -0.15) is 5.10 Å². The first-order chi connectivity index (χ1) is 16.8. The number of allylic oxidation sites excluding steroid dienone is 1. The molecule has 0 aromatic heterocycles. The zero-order valence-corrected chi connectivity index (χ0v) is 19.4. The van der Waals surface area contributed by atoms with E-state index in [0.29, 0.717) is 16.8 Å². The molecule has 0 saturated heterocycles. The average Bonchev–Trinajstić information content (AvgIpc) is 2.82. The zero-order valence-electron chi connectivity index (χ0n) is 19.4. The highest BCUT2D eigenvalue weighted by molar-refractivity contribution is 5.95. The van der Waals surface area contributed by atoms with Crippen LogP contribution in [-0.2, 0) is 14.3 Å². The minimum absolute atomic E-state index is 0.181. The van der Waals surface area contributed by atoms with Crippen LogP contribution in [0.5, 0.6) is 11.5 Å². The van der Waals surface area contributed by atoms with Crippen molar-refractivity contribution in [3.63, 3.8) is 0 Å². The molecule has 0 unspecified atom stereocenters. The quantitative estimate of drug-likeness (QED) is 0.285. The number of hydrogen-bond acceptors (Lipinski definition) is 7. The lowest BCUT2D eigenvalue weighted by Crippen LogP contribution is -2.45. The monoisotopic (exact) mass is 484 g/mol. The van der Waals surface area contributed by atoms with Gasteiger partial charge in [0.05, 0.1) is 31.5 Å². The number of nitrogens with zero attached hydrogens (tertiary/aromatic N) is 1. The maximum atomic E-state index is 13.2. The van der Waals surface area contributed by atoms with Crippen LogP contribution in [0.3, 0.4) is 0 Å². The van der Waals surface area contributed by atoms with Gasteiger partial charge in [-0.3, -0.25) is 4.79 Å². The third-order valence-corrected chi connectivity index (χ3v) is 4.90. The van der Waals surface area contributed by atoms with Crippen molar-refractivity contribution < 1.29 is 33.0 Å². The van der Waals surface area contributed by atoms with Crippen molar-refractivity contribution in [2.75, 3.05) is 20.3 Å². The molecule has 0 saturated carbocycles. The first-order valence-electron chi connectivity index (χ1n) is 10.7. The summed E-state index contributed by atoms with van der Waals surface area (Å²) in [5, 5.41) is 9.04. The van der Waals surface area contributed by atoms with Gasteiger partial charge < -0.3 is 24.8 Å². The Bertz CT molecular complexity index is 1180. The van der Waals surface area contributed by atoms with E-state index < -0.39 is 29.8 Å². The minimum Gasteiger partial charge on any atom is -0.493 e. The number of ether oxygens (including phenoxy) is 3. The van der Waals surface area contributed by atoms with Crippen molar-refractivity contribution >= 4 is 24.1 Å². The normalized spacial score (nSPS) is 15.3. The summed E-state index contributed by atoms with van der Waals surface area (Å²) in [5.74, 6) is -0.968. The molecule has 11 heteroatoms. The summed E-state index contributed by atoms with van der Waals surface area (Å²) >= 11 is 0. The number of methoxy groups -OCH3 is 1. The second-order valence-electron chi connectivity index (χ2n) is 7.34. The van der Waals surface area contributed by atoms with Crippen molar-refractivity contribution in [2.45, 2.75) is 19.9 Å². The van der Waals surface area contributed by atoms with Gasteiger partial charge in [0, 0.05) is 5.70 Å². The Morgan fingerprint density at radius 3 is 2.71 bits per heavy atom. The van der Waals surface area contributed by atoms with E-state index in [1.807, 2.05) is 0 Å². The van der Waals surface area contributed by atoms with Gasteiger partial charge in [-0.05, 0) is 49.2 Å². The van der Waals surface area contributed by atoms with Gasteiger partial charge in [0.2, 0.25) is 0 Å². The number of amides is 3. The molecule has 1 atom stereocenters. The molecule has 0 radical (unpaired) electrons. The molecule has 1 aliphatic heterocycles. The lowest BCUT2D eigenvalue weighted by Gasteiger charge is -2.28. The molecule has 3 rings (SSSR count). The standard InChI is InChI=1S/C24H25FN4O6/c1-4-34-23(31)21-14(2)27-24(32)28-22(21)16-8-9-18(19(11-16)33-3)35-13-20(30)29-26-12-15-6-5-7-17(25)10-15/h5-12,22H,4,13H2,1-3H3,(H,29,30)(H2,27,28,32)/b26-12-/t22-/m0/s1. The number of carbonyl (C=O) groups is 3. The summed E-state index contributed by atoms with van der Waals surface area (Å²) in [6.45, 7) is 3.12. The molecular weight excluding hydrogens is 459 g/mol. The second-order valence-corrected chi connectivity index (χ2v) is 7.34. The highest BCUT2D eigenvalue weighted by Gasteiger charge is 2.32. The van der Waals surface area contributed by atoms with Gasteiger partial charge in [-0.1, -0.05) is 18.2 Å². The topological polar surface area (TPSA) is 127 Å². The number of benzene rings is 2. The van der Waals surface area contributed by atoms with Crippen LogP contribution in [0, 0.1) is 5.82 Å². The van der Waals surface area contributed by atoms with E-state index >= 15 is 0 Å². The van der Waals surface area contributed by atoms with Gasteiger partial charge in [0.25, 0.3) is 5.91 Å². The smallest absolute Gasteiger partial charge is 0.338 e. The zero-order chi connectivity index (χ0) is 25.4.